The van der Waals surface area contributed by atoms with E-state index >= 15 is 0 Å². The van der Waals surface area contributed by atoms with E-state index in [-0.39, 0.29) is 24.2 Å². The van der Waals surface area contributed by atoms with Crippen LogP contribution < -0.4 is 0 Å². The number of nitrogens with zero attached hydrogens (tertiary/aromatic N) is 1. The summed E-state index contributed by atoms with van der Waals surface area (Å²) in [4.78, 5) is 13.7. The summed E-state index contributed by atoms with van der Waals surface area (Å²) in [5.74, 6) is 0.248. The smallest absolute Gasteiger partial charge is 0.410 e. The normalized spacial score (nSPS) is 34.0. The van der Waals surface area contributed by atoms with Gasteiger partial charge in [0.2, 0.25) is 0 Å². The van der Waals surface area contributed by atoms with Crippen LogP contribution in [-0.2, 0) is 4.74 Å². The van der Waals surface area contributed by atoms with Gasteiger partial charge in [-0.15, -0.1) is 0 Å². The monoisotopic (exact) mass is 227 g/mol. The van der Waals surface area contributed by atoms with E-state index in [0.717, 1.165) is 12.8 Å². The fourth-order valence-electron chi connectivity index (χ4n) is 2.63. The van der Waals surface area contributed by atoms with E-state index in [2.05, 4.69) is 0 Å². The second kappa shape index (κ2) is 3.91. The van der Waals surface area contributed by atoms with Gasteiger partial charge in [0.05, 0.1) is 6.10 Å². The molecule has 0 spiro atoms. The first-order chi connectivity index (χ1) is 7.37. The zero-order chi connectivity index (χ0) is 11.9. The lowest BCUT2D eigenvalue weighted by Crippen LogP contribution is -2.56. The summed E-state index contributed by atoms with van der Waals surface area (Å²) in [5, 5.41) is 9.75. The summed E-state index contributed by atoms with van der Waals surface area (Å²) in [6.45, 7) is 6.28. The molecular weight excluding hydrogens is 206 g/mol. The maximum atomic E-state index is 11.9. The number of piperidine rings is 2. The molecule has 2 bridgehead atoms. The van der Waals surface area contributed by atoms with Crippen molar-refractivity contribution < 1.29 is 14.6 Å². The quantitative estimate of drug-likeness (QED) is 0.686. The molecule has 3 rings (SSSR count). The standard InChI is InChI=1S/C12H21NO3/c1-12(2,3)16-11(15)13-7-8-4-5-9(13)6-10(8)14/h8-10,14H,4-7H2,1-3H3/t8-,9?,10-/m1/s1. The highest BCUT2D eigenvalue weighted by Gasteiger charge is 2.42. The Morgan fingerprint density at radius 3 is 2.50 bits per heavy atom. The number of ether oxygens (including phenoxy) is 1. The topological polar surface area (TPSA) is 49.8 Å². The zero-order valence-electron chi connectivity index (χ0n) is 10.3. The second-order valence-corrected chi connectivity index (χ2v) is 5.93. The Hall–Kier alpha value is -0.770. The Labute approximate surface area is 96.6 Å². The predicted octanol–water partition coefficient (Wildman–Crippen LogP) is 1.77. The second-order valence-electron chi connectivity index (χ2n) is 5.93. The number of hydrogen-bond acceptors (Lipinski definition) is 3. The number of rotatable bonds is 0. The summed E-state index contributed by atoms with van der Waals surface area (Å²) < 4.78 is 5.37. The predicted molar refractivity (Wildman–Crippen MR) is 60.1 cm³/mol. The molecule has 3 aliphatic rings. The molecular formula is C12H21NO3. The lowest BCUT2D eigenvalue weighted by molar-refractivity contribution is -0.0584. The Morgan fingerprint density at radius 2 is 2.06 bits per heavy atom. The van der Waals surface area contributed by atoms with Crippen LogP contribution in [-0.4, -0.2) is 40.4 Å². The molecule has 3 fully saturated rings. The van der Waals surface area contributed by atoms with Gasteiger partial charge in [0.1, 0.15) is 5.60 Å². The number of amides is 1. The number of aliphatic hydroxyl groups excluding tert-OH is 1. The lowest BCUT2D eigenvalue weighted by atomic mass is 9.78. The Morgan fingerprint density at radius 1 is 1.38 bits per heavy atom. The minimum Gasteiger partial charge on any atom is -0.444 e. The van der Waals surface area contributed by atoms with Gasteiger partial charge in [0.25, 0.3) is 0 Å². The van der Waals surface area contributed by atoms with Crippen molar-refractivity contribution in [2.45, 2.75) is 57.8 Å². The summed E-state index contributed by atoms with van der Waals surface area (Å²) in [6.07, 6.45) is 2.29. The molecule has 4 nitrogen and oxygen atoms in total. The molecule has 0 aromatic carbocycles. The number of aliphatic hydroxyl groups is 1. The molecule has 1 aliphatic carbocycles. The van der Waals surface area contributed by atoms with E-state index in [0.29, 0.717) is 13.0 Å². The first-order valence-electron chi connectivity index (χ1n) is 6.04. The van der Waals surface area contributed by atoms with E-state index in [9.17, 15) is 9.90 Å². The first kappa shape index (κ1) is 11.7. The van der Waals surface area contributed by atoms with Crippen LogP contribution >= 0.6 is 0 Å². The molecule has 16 heavy (non-hydrogen) atoms. The average Bonchev–Trinajstić information content (AvgIpc) is 2.15. The third-order valence-electron chi connectivity index (χ3n) is 3.43. The minimum absolute atomic E-state index is 0.176. The zero-order valence-corrected chi connectivity index (χ0v) is 10.3. The van der Waals surface area contributed by atoms with E-state index in [1.165, 1.54) is 0 Å². The van der Waals surface area contributed by atoms with Crippen LogP contribution in [0.5, 0.6) is 0 Å². The van der Waals surface area contributed by atoms with Gasteiger partial charge in [-0.1, -0.05) is 0 Å². The van der Waals surface area contributed by atoms with Crippen molar-refractivity contribution >= 4 is 6.09 Å². The largest absolute Gasteiger partial charge is 0.444 e. The lowest BCUT2D eigenvalue weighted by Gasteiger charge is -2.47. The van der Waals surface area contributed by atoms with Gasteiger partial charge in [-0.25, -0.2) is 4.79 Å². The van der Waals surface area contributed by atoms with Gasteiger partial charge in [-0.2, -0.15) is 0 Å². The molecule has 0 radical (unpaired) electrons. The first-order valence-corrected chi connectivity index (χ1v) is 6.04. The highest BCUT2D eigenvalue weighted by molar-refractivity contribution is 5.69. The van der Waals surface area contributed by atoms with Crippen molar-refractivity contribution in [3.05, 3.63) is 0 Å². The van der Waals surface area contributed by atoms with Crippen LogP contribution in [0.1, 0.15) is 40.0 Å². The third kappa shape index (κ3) is 2.32. The molecule has 0 aromatic rings. The van der Waals surface area contributed by atoms with Crippen molar-refractivity contribution in [2.75, 3.05) is 6.54 Å². The van der Waals surface area contributed by atoms with Crippen molar-refractivity contribution in [1.29, 1.82) is 0 Å². The van der Waals surface area contributed by atoms with Crippen molar-refractivity contribution in [1.82, 2.24) is 4.90 Å². The molecule has 2 saturated heterocycles. The van der Waals surface area contributed by atoms with Gasteiger partial charge < -0.3 is 14.7 Å². The Kier molecular flexibility index (Phi) is 2.86. The molecule has 4 heteroatoms. The fourth-order valence-corrected chi connectivity index (χ4v) is 2.63. The summed E-state index contributed by atoms with van der Waals surface area (Å²) in [5.41, 5.74) is -0.438. The van der Waals surface area contributed by atoms with Gasteiger partial charge in [-0.05, 0) is 40.0 Å². The summed E-state index contributed by atoms with van der Waals surface area (Å²) >= 11 is 0. The molecule has 2 heterocycles. The third-order valence-corrected chi connectivity index (χ3v) is 3.43. The molecule has 2 aliphatic heterocycles. The molecule has 92 valence electrons. The Bertz CT molecular complexity index is 284. The van der Waals surface area contributed by atoms with Gasteiger partial charge in [0, 0.05) is 18.5 Å². The summed E-state index contributed by atoms with van der Waals surface area (Å²) in [7, 11) is 0. The molecule has 1 saturated carbocycles. The van der Waals surface area contributed by atoms with Gasteiger partial charge in [-0.3, -0.25) is 0 Å². The highest BCUT2D eigenvalue weighted by Crippen LogP contribution is 2.35. The van der Waals surface area contributed by atoms with E-state index in [1.54, 1.807) is 4.90 Å². The maximum Gasteiger partial charge on any atom is 0.410 e. The van der Waals surface area contributed by atoms with Crippen molar-refractivity contribution in [3.63, 3.8) is 0 Å². The number of carbonyl (C=O) groups is 1. The number of carbonyl (C=O) groups excluding carboxylic acids is 1. The molecule has 3 atom stereocenters. The van der Waals surface area contributed by atoms with E-state index in [1.807, 2.05) is 20.8 Å². The summed E-state index contributed by atoms with van der Waals surface area (Å²) in [6, 6.07) is 0.176. The Balaban J connectivity index is 1.99. The van der Waals surface area contributed by atoms with E-state index < -0.39 is 5.60 Å². The van der Waals surface area contributed by atoms with Crippen molar-refractivity contribution in [3.8, 4) is 0 Å². The number of hydrogen-bond donors (Lipinski definition) is 1. The van der Waals surface area contributed by atoms with Gasteiger partial charge in [0.15, 0.2) is 0 Å². The molecule has 1 unspecified atom stereocenters. The van der Waals surface area contributed by atoms with Crippen LogP contribution in [0.3, 0.4) is 0 Å². The SMILES string of the molecule is CC(C)(C)OC(=O)N1C[C@H]2CCC1C[C@H]2O. The van der Waals surface area contributed by atoms with Gasteiger partial charge >= 0.3 is 6.09 Å². The van der Waals surface area contributed by atoms with E-state index in [4.69, 9.17) is 4.74 Å². The average molecular weight is 227 g/mol. The van der Waals surface area contributed by atoms with Crippen LogP contribution in [0.4, 0.5) is 4.79 Å². The molecule has 0 aromatic heterocycles. The molecule has 1 N–H and O–H groups in total. The molecule has 1 amide bonds. The van der Waals surface area contributed by atoms with Crippen LogP contribution in [0.2, 0.25) is 0 Å². The minimum atomic E-state index is -0.438. The highest BCUT2D eigenvalue weighted by atomic mass is 16.6. The van der Waals surface area contributed by atoms with Crippen LogP contribution in [0, 0.1) is 5.92 Å². The van der Waals surface area contributed by atoms with Crippen molar-refractivity contribution in [2.24, 2.45) is 5.92 Å². The number of fused-ring (bicyclic) bond motifs is 3. The fraction of sp³-hybridized carbons (Fsp3) is 0.917. The maximum absolute atomic E-state index is 11.9. The van der Waals surface area contributed by atoms with Crippen LogP contribution in [0.15, 0.2) is 0 Å². The van der Waals surface area contributed by atoms with Crippen LogP contribution in [0.25, 0.3) is 0 Å².